The maximum atomic E-state index is 8.68. The first kappa shape index (κ1) is 24.6. The fraction of sp³-hybridized carbons (Fsp3) is 0. The molecule has 0 aromatic heterocycles. The van der Waals surface area contributed by atoms with Gasteiger partial charge in [0.05, 0.1) is 0 Å². The Balaban J connectivity index is -0.0000000450. The Kier molecular flexibility index (Phi) is 37.6. The summed E-state index contributed by atoms with van der Waals surface area (Å²) in [6, 6.07) is 0. The summed E-state index contributed by atoms with van der Waals surface area (Å²) < 4.78 is 73.4. The molecular weight excluding hydrogens is 600 g/mol. The van der Waals surface area contributed by atoms with Crippen LogP contribution in [0, 0.1) is 0 Å². The van der Waals surface area contributed by atoms with Gasteiger partial charge in [0.2, 0.25) is 0 Å². The van der Waals surface area contributed by atoms with Crippen LogP contribution in [-0.2, 0) is 0 Å². The van der Waals surface area contributed by atoms with Crippen molar-refractivity contribution in [1.82, 2.24) is 0 Å². The molecule has 0 aliphatic heterocycles. The van der Waals surface area contributed by atoms with Gasteiger partial charge in [-0.05, 0) is 10.3 Å². The van der Waals surface area contributed by atoms with E-state index in [4.69, 9.17) is 30.9 Å². The van der Waals surface area contributed by atoms with Gasteiger partial charge in [-0.1, -0.05) is 0 Å². The van der Waals surface area contributed by atoms with Gasteiger partial charge in [0.25, 0.3) is 0 Å². The summed E-state index contributed by atoms with van der Waals surface area (Å²) in [6.45, 7) is 0. The SMILES string of the molecule is [AsH3].[O-][I+2]([O-])O.[O-][I+2]([O-])O.[O-][I+2]([O-])O. The molecule has 1 atom stereocenters. The molecular formula is H6AsI3O9. The average molecular weight is 606 g/mol. The van der Waals surface area contributed by atoms with Crippen LogP contribution in [0.5, 0.6) is 0 Å². The molecule has 0 aromatic carbocycles. The molecule has 0 amide bonds. The van der Waals surface area contributed by atoms with Crippen LogP contribution >= 0.6 is 0 Å². The second kappa shape index (κ2) is 19.9. The molecule has 13 heteroatoms. The van der Waals surface area contributed by atoms with Crippen molar-refractivity contribution >= 4 is 18.0 Å². The first-order valence-electron chi connectivity index (χ1n) is 1.43. The van der Waals surface area contributed by atoms with E-state index >= 15 is 0 Å². The van der Waals surface area contributed by atoms with Crippen molar-refractivity contribution in [3.8, 4) is 0 Å². The fourth-order valence-corrected chi connectivity index (χ4v) is 0. The van der Waals surface area contributed by atoms with E-state index in [0.717, 1.165) is 0 Å². The van der Waals surface area contributed by atoms with Crippen LogP contribution < -0.4 is 83.8 Å². The molecule has 9 nitrogen and oxygen atoms in total. The zero-order valence-corrected chi connectivity index (χ0v) is 15.1. The number of halogens is 3. The van der Waals surface area contributed by atoms with Crippen LogP contribution in [0.1, 0.15) is 0 Å². The van der Waals surface area contributed by atoms with Gasteiger partial charge in [-0.25, -0.2) is 0 Å². The first-order chi connectivity index (χ1) is 5.20. The van der Waals surface area contributed by atoms with E-state index in [-0.39, 0.29) is 18.0 Å². The molecule has 3 N–H and O–H groups in total. The number of hydrogen-bond donors (Lipinski definition) is 3. The van der Waals surface area contributed by atoms with Crippen molar-refractivity contribution < 1.29 is 94.1 Å². The molecule has 0 rings (SSSR count). The minimum atomic E-state index is -3.76. The van der Waals surface area contributed by atoms with E-state index < -0.39 is 63.2 Å². The van der Waals surface area contributed by atoms with Gasteiger partial charge in [0.1, 0.15) is 0 Å². The number of hydrogen-bond acceptors (Lipinski definition) is 9. The van der Waals surface area contributed by atoms with E-state index in [1.807, 2.05) is 0 Å². The van der Waals surface area contributed by atoms with Gasteiger partial charge in [-0.15, -0.1) is 0 Å². The molecule has 1 unspecified atom stereocenters. The summed E-state index contributed by atoms with van der Waals surface area (Å²) in [6.07, 6.45) is 0. The monoisotopic (exact) mass is 606 g/mol. The van der Waals surface area contributed by atoms with Crippen molar-refractivity contribution in [2.45, 2.75) is 0 Å². The topological polar surface area (TPSA) is 199 Å². The normalized spacial score (nSPS) is 8.31. The average Bonchev–Trinajstić information content (AvgIpc) is 1.54. The third-order valence-corrected chi connectivity index (χ3v) is 0. The third-order valence-electron chi connectivity index (χ3n) is 0. The maximum Gasteiger partial charge on any atom is 0.503 e. The van der Waals surface area contributed by atoms with Crippen molar-refractivity contribution in [3.05, 3.63) is 0 Å². The molecule has 0 spiro atoms. The largest absolute Gasteiger partial charge is 0.503 e. The summed E-state index contributed by atoms with van der Waals surface area (Å²) in [4.78, 5) is 0. The molecule has 0 saturated heterocycles. The molecule has 0 aliphatic rings. The minimum absolute atomic E-state index is 0. The standard InChI is InChI=1S/AsH3.3HIO3/c;3*2-1(3)4/h1H3;3*2H. The Bertz CT molecular complexity index is 43.4. The predicted molar refractivity (Wildman–Crippen MR) is 16.6 cm³/mol. The summed E-state index contributed by atoms with van der Waals surface area (Å²) in [5.41, 5.74) is 0. The van der Waals surface area contributed by atoms with E-state index in [2.05, 4.69) is 0 Å². The Morgan fingerprint density at radius 1 is 0.538 bits per heavy atom. The molecule has 13 heavy (non-hydrogen) atoms. The number of rotatable bonds is 0. The van der Waals surface area contributed by atoms with Crippen molar-refractivity contribution in [3.63, 3.8) is 0 Å². The van der Waals surface area contributed by atoms with Crippen LogP contribution in [0.2, 0.25) is 0 Å². The first-order valence-corrected chi connectivity index (χ1v) is 9.61. The molecule has 0 radical (unpaired) electrons. The Morgan fingerprint density at radius 2 is 0.538 bits per heavy atom. The summed E-state index contributed by atoms with van der Waals surface area (Å²) in [5, 5.41) is 0. The van der Waals surface area contributed by atoms with E-state index in [0.29, 0.717) is 0 Å². The van der Waals surface area contributed by atoms with Crippen LogP contribution in [0.25, 0.3) is 0 Å². The van der Waals surface area contributed by atoms with Gasteiger partial charge in [0.15, 0.2) is 0 Å². The Labute approximate surface area is 110 Å². The summed E-state index contributed by atoms with van der Waals surface area (Å²) in [7, 11) is 0. The van der Waals surface area contributed by atoms with Crippen LogP contribution in [-0.4, -0.2) is 28.3 Å². The van der Waals surface area contributed by atoms with Crippen molar-refractivity contribution in [1.29, 1.82) is 0 Å². The van der Waals surface area contributed by atoms with Gasteiger partial charge < -0.3 is 20.6 Å². The zero-order chi connectivity index (χ0) is 10.7. The van der Waals surface area contributed by atoms with E-state index in [1.165, 1.54) is 0 Å². The molecule has 0 saturated carbocycles. The van der Waals surface area contributed by atoms with Gasteiger partial charge in [-0.3, -0.25) is 0 Å². The molecule has 0 aliphatic carbocycles. The van der Waals surface area contributed by atoms with Crippen LogP contribution in [0.15, 0.2) is 0 Å². The zero-order valence-electron chi connectivity index (χ0n) is 5.63. The van der Waals surface area contributed by atoms with Crippen LogP contribution in [0.4, 0.5) is 0 Å². The Hall–Kier alpha value is 2.39. The fourth-order valence-electron chi connectivity index (χ4n) is 0. The minimum Gasteiger partial charge on any atom is -0.396 e. The van der Waals surface area contributed by atoms with Gasteiger partial charge in [0, 0.05) is 0 Å². The quantitative estimate of drug-likeness (QED) is 0.177. The molecule has 86 valence electrons. The molecule has 0 aromatic rings. The predicted octanol–water partition coefficient (Wildman–Crippen LogP) is -19.0. The molecule has 0 heterocycles. The van der Waals surface area contributed by atoms with Gasteiger partial charge in [-0.2, -0.15) is 0 Å². The molecule has 0 bridgehead atoms. The van der Waals surface area contributed by atoms with E-state index in [1.54, 1.807) is 0 Å². The van der Waals surface area contributed by atoms with Crippen LogP contribution in [0.3, 0.4) is 0 Å². The molecule has 0 fully saturated rings. The maximum absolute atomic E-state index is 8.68. The third kappa shape index (κ3) is 387. The Morgan fingerprint density at radius 3 is 0.538 bits per heavy atom. The van der Waals surface area contributed by atoms with Crippen molar-refractivity contribution in [2.24, 2.45) is 0 Å². The second-order valence-corrected chi connectivity index (χ2v) is 4.05. The summed E-state index contributed by atoms with van der Waals surface area (Å²) in [5.74, 6) is 0. The second-order valence-electron chi connectivity index (χ2n) is 0.603. The van der Waals surface area contributed by atoms with Crippen molar-refractivity contribution in [2.75, 3.05) is 0 Å². The van der Waals surface area contributed by atoms with Gasteiger partial charge >= 0.3 is 81.1 Å². The van der Waals surface area contributed by atoms with E-state index in [9.17, 15) is 0 Å². The summed E-state index contributed by atoms with van der Waals surface area (Å²) >= 11 is -11.3. The smallest absolute Gasteiger partial charge is 0.396 e.